The minimum atomic E-state index is -0.113. The van der Waals surface area contributed by atoms with Crippen LogP contribution in [0.1, 0.15) is 59.5 Å². The average molecular weight is 381 g/mol. The number of ether oxygens (including phenoxy) is 1. The number of morpholine rings is 1. The first-order chi connectivity index (χ1) is 13.8. The number of amides is 1. The second-order valence-corrected chi connectivity index (χ2v) is 8.16. The van der Waals surface area contributed by atoms with E-state index in [9.17, 15) is 4.79 Å². The molecule has 2 aromatic rings. The number of benzene rings is 1. The summed E-state index contributed by atoms with van der Waals surface area (Å²) in [7, 11) is 0. The van der Waals surface area contributed by atoms with Crippen molar-refractivity contribution in [3.05, 3.63) is 53.4 Å². The predicted molar refractivity (Wildman–Crippen MR) is 104 cm³/mol. The number of hydrogen-bond donors (Lipinski definition) is 0. The monoisotopic (exact) mass is 381 g/mol. The van der Waals surface area contributed by atoms with Gasteiger partial charge in [-0.25, -0.2) is 0 Å². The first-order valence-corrected chi connectivity index (χ1v) is 10.5. The first-order valence-electron chi connectivity index (χ1n) is 10.5. The van der Waals surface area contributed by atoms with Crippen molar-refractivity contribution in [3.63, 3.8) is 0 Å². The minimum Gasteiger partial charge on any atom is -0.373 e. The molecule has 1 saturated carbocycles. The van der Waals surface area contributed by atoms with Crippen LogP contribution in [0.5, 0.6) is 0 Å². The van der Waals surface area contributed by atoms with Gasteiger partial charge in [-0.1, -0.05) is 35.5 Å². The first kappa shape index (κ1) is 17.9. The molecule has 2 atom stereocenters. The van der Waals surface area contributed by atoms with Crippen LogP contribution < -0.4 is 0 Å². The fourth-order valence-electron chi connectivity index (χ4n) is 4.48. The Morgan fingerprint density at radius 1 is 1.11 bits per heavy atom. The maximum absolute atomic E-state index is 13.3. The smallest absolute Gasteiger partial charge is 0.293 e. The van der Waals surface area contributed by atoms with Gasteiger partial charge in [-0.3, -0.25) is 4.79 Å². The number of aromatic nitrogens is 1. The molecule has 0 spiro atoms. The lowest BCUT2D eigenvalue weighted by atomic mass is 9.97. The van der Waals surface area contributed by atoms with Crippen LogP contribution in [-0.2, 0) is 4.74 Å². The lowest BCUT2D eigenvalue weighted by Gasteiger charge is -2.42. The molecule has 1 amide bonds. The zero-order valence-electron chi connectivity index (χ0n) is 16.1. The quantitative estimate of drug-likeness (QED) is 0.796. The second-order valence-electron chi connectivity index (χ2n) is 8.16. The minimum absolute atomic E-state index is 0.0379. The van der Waals surface area contributed by atoms with Crippen molar-refractivity contribution in [1.82, 2.24) is 15.0 Å². The van der Waals surface area contributed by atoms with Crippen LogP contribution in [0.3, 0.4) is 0 Å². The van der Waals surface area contributed by atoms with E-state index in [1.807, 2.05) is 29.2 Å². The molecular weight excluding hydrogens is 354 g/mol. The topological polar surface area (TPSA) is 58.8 Å². The van der Waals surface area contributed by atoms with Crippen LogP contribution in [0.2, 0.25) is 0 Å². The van der Waals surface area contributed by atoms with Gasteiger partial charge in [0.25, 0.3) is 5.91 Å². The largest absolute Gasteiger partial charge is 0.373 e. The molecule has 0 unspecified atom stereocenters. The van der Waals surface area contributed by atoms with Gasteiger partial charge in [-0.05, 0) is 44.3 Å². The summed E-state index contributed by atoms with van der Waals surface area (Å²) in [4.78, 5) is 17.7. The highest BCUT2D eigenvalue weighted by Crippen LogP contribution is 2.40. The van der Waals surface area contributed by atoms with E-state index in [1.165, 1.54) is 12.8 Å². The third-order valence-electron chi connectivity index (χ3n) is 6.13. The Hall–Kier alpha value is -2.18. The van der Waals surface area contributed by atoms with E-state index in [2.05, 4.69) is 22.2 Å². The maximum Gasteiger partial charge on any atom is 0.293 e. The standard InChI is InChI=1S/C22H27N3O3/c26-22(19-14-18(23-28-19)16-8-9-16)25-12-13-27-20(15-24-10-4-5-11-24)21(25)17-6-2-1-3-7-17/h1-3,6-7,14,16,20-21H,4-5,8-13,15H2/t20-,21-/m0/s1. The number of nitrogens with zero attached hydrogens (tertiary/aromatic N) is 3. The molecule has 1 aromatic heterocycles. The SMILES string of the molecule is O=C(c1cc(C2CC2)no1)N1CCO[C@@H](CN2CCCC2)[C@@H]1c1ccccc1. The van der Waals surface area contributed by atoms with Crippen molar-refractivity contribution in [1.29, 1.82) is 0 Å². The van der Waals surface area contributed by atoms with E-state index in [1.54, 1.807) is 0 Å². The summed E-state index contributed by atoms with van der Waals surface area (Å²) in [5.74, 6) is 0.746. The van der Waals surface area contributed by atoms with E-state index in [0.717, 1.165) is 43.7 Å². The fraction of sp³-hybridized carbons (Fsp3) is 0.545. The molecule has 0 N–H and O–H groups in total. The van der Waals surface area contributed by atoms with Crippen molar-refractivity contribution in [3.8, 4) is 0 Å². The summed E-state index contributed by atoms with van der Waals surface area (Å²) in [6.07, 6.45) is 4.73. The van der Waals surface area contributed by atoms with Crippen molar-refractivity contribution in [2.45, 2.75) is 43.7 Å². The summed E-state index contributed by atoms with van der Waals surface area (Å²) in [5.41, 5.74) is 2.03. The van der Waals surface area contributed by atoms with Crippen LogP contribution in [-0.4, -0.2) is 59.8 Å². The molecular formula is C22H27N3O3. The fourth-order valence-corrected chi connectivity index (χ4v) is 4.48. The van der Waals surface area contributed by atoms with E-state index < -0.39 is 0 Å². The van der Waals surface area contributed by atoms with Crippen molar-refractivity contribution in [2.24, 2.45) is 0 Å². The lowest BCUT2D eigenvalue weighted by molar-refractivity contribution is -0.0715. The third kappa shape index (κ3) is 3.59. The average Bonchev–Trinajstić information content (AvgIpc) is 3.24. The van der Waals surface area contributed by atoms with E-state index in [-0.39, 0.29) is 18.1 Å². The van der Waals surface area contributed by atoms with Crippen LogP contribution in [0.15, 0.2) is 40.9 Å². The van der Waals surface area contributed by atoms with Crippen LogP contribution >= 0.6 is 0 Å². The van der Waals surface area contributed by atoms with Gasteiger partial charge in [0.2, 0.25) is 5.76 Å². The zero-order valence-corrected chi connectivity index (χ0v) is 16.1. The van der Waals surface area contributed by atoms with Gasteiger partial charge >= 0.3 is 0 Å². The number of carbonyl (C=O) groups excluding carboxylic acids is 1. The predicted octanol–water partition coefficient (Wildman–Crippen LogP) is 3.23. The molecule has 28 heavy (non-hydrogen) atoms. The Labute approximate surface area is 165 Å². The van der Waals surface area contributed by atoms with Crippen LogP contribution in [0.25, 0.3) is 0 Å². The van der Waals surface area contributed by atoms with E-state index in [0.29, 0.717) is 24.8 Å². The molecule has 0 bridgehead atoms. The van der Waals surface area contributed by atoms with Gasteiger partial charge < -0.3 is 19.1 Å². The van der Waals surface area contributed by atoms with E-state index >= 15 is 0 Å². The van der Waals surface area contributed by atoms with Crippen molar-refractivity contribution in [2.75, 3.05) is 32.8 Å². The maximum atomic E-state index is 13.3. The van der Waals surface area contributed by atoms with Gasteiger partial charge in [-0.2, -0.15) is 0 Å². The summed E-state index contributed by atoms with van der Waals surface area (Å²) in [5, 5.41) is 4.13. The molecule has 3 heterocycles. The Morgan fingerprint density at radius 3 is 2.64 bits per heavy atom. The molecule has 6 nitrogen and oxygen atoms in total. The molecule has 5 rings (SSSR count). The number of hydrogen-bond acceptors (Lipinski definition) is 5. The molecule has 3 aliphatic rings. The summed E-state index contributed by atoms with van der Waals surface area (Å²) < 4.78 is 11.6. The molecule has 1 aliphatic carbocycles. The van der Waals surface area contributed by atoms with Crippen LogP contribution in [0.4, 0.5) is 0 Å². The summed E-state index contributed by atoms with van der Waals surface area (Å²) in [6.45, 7) is 4.20. The highest BCUT2D eigenvalue weighted by atomic mass is 16.5. The van der Waals surface area contributed by atoms with E-state index in [4.69, 9.17) is 9.26 Å². The Balaban J connectivity index is 1.42. The molecule has 3 fully saturated rings. The molecule has 0 radical (unpaired) electrons. The molecule has 148 valence electrons. The Bertz CT molecular complexity index is 811. The second kappa shape index (κ2) is 7.68. The zero-order chi connectivity index (χ0) is 18.9. The normalized spacial score (nSPS) is 25.9. The van der Waals surface area contributed by atoms with Gasteiger partial charge in [0.1, 0.15) is 0 Å². The highest BCUT2D eigenvalue weighted by molar-refractivity contribution is 5.92. The number of carbonyl (C=O) groups is 1. The van der Waals surface area contributed by atoms with Gasteiger partial charge in [0.05, 0.1) is 24.4 Å². The van der Waals surface area contributed by atoms with Crippen molar-refractivity contribution >= 4 is 5.91 Å². The van der Waals surface area contributed by atoms with Gasteiger partial charge in [0, 0.05) is 25.1 Å². The summed E-state index contributed by atoms with van der Waals surface area (Å²) in [6, 6.07) is 12.0. The van der Waals surface area contributed by atoms with Crippen LogP contribution in [0, 0.1) is 0 Å². The highest BCUT2D eigenvalue weighted by Gasteiger charge is 2.39. The lowest BCUT2D eigenvalue weighted by Crippen LogP contribution is -2.51. The third-order valence-corrected chi connectivity index (χ3v) is 6.13. The number of rotatable bonds is 5. The van der Waals surface area contributed by atoms with Crippen molar-refractivity contribution < 1.29 is 14.1 Å². The molecule has 2 saturated heterocycles. The van der Waals surface area contributed by atoms with Gasteiger partial charge in [-0.15, -0.1) is 0 Å². The number of likely N-dealkylation sites (tertiary alicyclic amines) is 1. The Morgan fingerprint density at radius 2 is 1.89 bits per heavy atom. The van der Waals surface area contributed by atoms with Gasteiger partial charge in [0.15, 0.2) is 0 Å². The molecule has 2 aliphatic heterocycles. The Kier molecular flexibility index (Phi) is 4.91. The summed E-state index contributed by atoms with van der Waals surface area (Å²) >= 11 is 0. The molecule has 1 aromatic carbocycles. The molecule has 6 heteroatoms.